The predicted octanol–water partition coefficient (Wildman–Crippen LogP) is 5.47. The number of benzene rings is 2. The summed E-state index contributed by atoms with van der Waals surface area (Å²) in [5.74, 6) is -0.752. The van der Waals surface area contributed by atoms with Crippen LogP contribution < -0.4 is 10.6 Å². The van der Waals surface area contributed by atoms with Gasteiger partial charge >= 0.3 is 5.97 Å². The van der Waals surface area contributed by atoms with Crippen LogP contribution in [0.2, 0.25) is 0 Å². The summed E-state index contributed by atoms with van der Waals surface area (Å²) >= 11 is 0. The summed E-state index contributed by atoms with van der Waals surface area (Å²) in [5.41, 5.74) is 2.66. The van der Waals surface area contributed by atoms with Crippen LogP contribution in [0.3, 0.4) is 0 Å². The molecule has 9 heteroatoms. The van der Waals surface area contributed by atoms with Gasteiger partial charge in [0.25, 0.3) is 5.91 Å². The summed E-state index contributed by atoms with van der Waals surface area (Å²) in [7, 11) is 1.28. The maximum atomic E-state index is 13.6. The van der Waals surface area contributed by atoms with E-state index < -0.39 is 5.97 Å². The van der Waals surface area contributed by atoms with Crippen molar-refractivity contribution in [2.45, 2.75) is 13.1 Å². The molecule has 0 unspecified atom stereocenters. The molecule has 37 heavy (non-hydrogen) atoms. The van der Waals surface area contributed by atoms with Gasteiger partial charge in [0.05, 0.1) is 37.5 Å². The molecule has 8 nitrogen and oxygen atoms in total. The first kappa shape index (κ1) is 23.8. The Morgan fingerprint density at radius 1 is 1.05 bits per heavy atom. The molecule has 0 aliphatic carbocycles. The van der Waals surface area contributed by atoms with Gasteiger partial charge in [-0.05, 0) is 48.0 Å². The Kier molecular flexibility index (Phi) is 6.67. The van der Waals surface area contributed by atoms with Gasteiger partial charge in [-0.3, -0.25) is 4.79 Å². The van der Waals surface area contributed by atoms with Gasteiger partial charge in [-0.25, -0.2) is 14.2 Å². The molecule has 0 bridgehead atoms. The molecule has 0 radical (unpaired) electrons. The van der Waals surface area contributed by atoms with Gasteiger partial charge in [0.1, 0.15) is 17.2 Å². The molecule has 0 saturated heterocycles. The Morgan fingerprint density at radius 3 is 2.62 bits per heavy atom. The Hall–Kier alpha value is -4.92. The fourth-order valence-electron chi connectivity index (χ4n) is 4.10. The molecule has 0 aliphatic rings. The maximum Gasteiger partial charge on any atom is 0.356 e. The molecule has 2 aromatic carbocycles. The summed E-state index contributed by atoms with van der Waals surface area (Å²) in [5, 5.41) is 6.64. The third kappa shape index (κ3) is 5.06. The number of hydrogen-bond acceptors (Lipinski definition) is 6. The van der Waals surface area contributed by atoms with E-state index in [2.05, 4.69) is 15.6 Å². The predicted molar refractivity (Wildman–Crippen MR) is 137 cm³/mol. The number of ether oxygens (including phenoxy) is 1. The average molecular weight is 499 g/mol. The monoisotopic (exact) mass is 498 g/mol. The number of esters is 1. The summed E-state index contributed by atoms with van der Waals surface area (Å²) in [6.45, 7) is 0.547. The van der Waals surface area contributed by atoms with Crippen molar-refractivity contribution < 1.29 is 23.1 Å². The normalized spacial score (nSPS) is 10.9. The molecule has 2 N–H and O–H groups in total. The van der Waals surface area contributed by atoms with E-state index in [1.165, 1.54) is 19.2 Å². The molecule has 5 aromatic rings. The van der Waals surface area contributed by atoms with Crippen molar-refractivity contribution in [1.82, 2.24) is 9.55 Å². The van der Waals surface area contributed by atoms with Gasteiger partial charge < -0.3 is 24.4 Å². The SMILES string of the molecule is COC(=O)c1c(NC(=O)c2ccccc2)c2cc(NCc3cccc(F)c3)cnc2n1Cc1ccco1. The summed E-state index contributed by atoms with van der Waals surface area (Å²) in [6, 6.07) is 20.3. The average Bonchev–Trinajstić information content (AvgIpc) is 3.54. The van der Waals surface area contributed by atoms with Crippen molar-refractivity contribution in [3.8, 4) is 0 Å². The molecule has 5 rings (SSSR count). The van der Waals surface area contributed by atoms with Crippen LogP contribution in [0, 0.1) is 5.82 Å². The highest BCUT2D eigenvalue weighted by atomic mass is 19.1. The first-order valence-corrected chi connectivity index (χ1v) is 11.5. The van der Waals surface area contributed by atoms with Crippen LogP contribution in [0.4, 0.5) is 15.8 Å². The number of halogens is 1. The fraction of sp³-hybridized carbons (Fsp3) is 0.107. The Balaban J connectivity index is 1.60. The molecular formula is C28H23FN4O4. The lowest BCUT2D eigenvalue weighted by Gasteiger charge is -2.10. The third-order valence-corrected chi connectivity index (χ3v) is 5.83. The van der Waals surface area contributed by atoms with E-state index >= 15 is 0 Å². The highest BCUT2D eigenvalue weighted by molar-refractivity contribution is 6.14. The van der Waals surface area contributed by atoms with E-state index in [1.54, 1.807) is 65.6 Å². The van der Waals surface area contributed by atoms with Crippen LogP contribution in [0.15, 0.2) is 89.7 Å². The van der Waals surface area contributed by atoms with Gasteiger partial charge in [0.15, 0.2) is 5.69 Å². The van der Waals surface area contributed by atoms with E-state index in [9.17, 15) is 14.0 Å². The van der Waals surface area contributed by atoms with Gasteiger partial charge in [-0.15, -0.1) is 0 Å². The largest absolute Gasteiger partial charge is 0.467 e. The van der Waals surface area contributed by atoms with Crippen molar-refractivity contribution in [1.29, 1.82) is 0 Å². The number of furan rings is 1. The molecule has 0 spiro atoms. The number of fused-ring (bicyclic) bond motifs is 1. The van der Waals surface area contributed by atoms with Crippen LogP contribution >= 0.6 is 0 Å². The minimum Gasteiger partial charge on any atom is -0.467 e. The van der Waals surface area contributed by atoms with Crippen LogP contribution in [0.1, 0.15) is 32.2 Å². The zero-order valence-electron chi connectivity index (χ0n) is 19.9. The number of aromatic nitrogens is 2. The highest BCUT2D eigenvalue weighted by Crippen LogP contribution is 2.34. The van der Waals surface area contributed by atoms with Crippen molar-refractivity contribution >= 4 is 34.3 Å². The molecule has 186 valence electrons. The second kappa shape index (κ2) is 10.4. The van der Waals surface area contributed by atoms with Crippen LogP contribution in [0.25, 0.3) is 11.0 Å². The van der Waals surface area contributed by atoms with Gasteiger partial charge in [0.2, 0.25) is 0 Å². The molecule has 0 aliphatic heterocycles. The first-order valence-electron chi connectivity index (χ1n) is 11.5. The number of carbonyl (C=O) groups excluding carboxylic acids is 2. The molecule has 0 atom stereocenters. The Labute approximate surface area is 211 Å². The van der Waals surface area contributed by atoms with Crippen molar-refractivity contribution in [3.63, 3.8) is 0 Å². The zero-order chi connectivity index (χ0) is 25.8. The Morgan fingerprint density at radius 2 is 1.89 bits per heavy atom. The zero-order valence-corrected chi connectivity index (χ0v) is 19.9. The highest BCUT2D eigenvalue weighted by Gasteiger charge is 2.27. The second-order valence-corrected chi connectivity index (χ2v) is 8.28. The standard InChI is InChI=1S/C28H23FN4O4/c1-36-28(35)25-24(32-27(34)19-8-3-2-4-9-19)23-14-21(30-15-18-7-5-10-20(29)13-18)16-31-26(23)33(25)17-22-11-6-12-37-22/h2-14,16,30H,15,17H2,1H3,(H,32,34). The second-order valence-electron chi connectivity index (χ2n) is 8.28. The minimum atomic E-state index is -0.637. The number of pyridine rings is 1. The van der Waals surface area contributed by atoms with E-state index in [4.69, 9.17) is 9.15 Å². The number of anilines is 2. The van der Waals surface area contributed by atoms with E-state index in [-0.39, 0.29) is 29.7 Å². The number of amides is 1. The number of carbonyl (C=O) groups is 2. The van der Waals surface area contributed by atoms with E-state index in [1.807, 2.05) is 12.1 Å². The smallest absolute Gasteiger partial charge is 0.356 e. The Bertz CT molecular complexity index is 1560. The summed E-state index contributed by atoms with van der Waals surface area (Å²) < 4.78 is 25.8. The third-order valence-electron chi connectivity index (χ3n) is 5.83. The van der Waals surface area contributed by atoms with E-state index in [0.29, 0.717) is 34.6 Å². The van der Waals surface area contributed by atoms with E-state index in [0.717, 1.165) is 5.56 Å². The molecule has 0 fully saturated rings. The summed E-state index contributed by atoms with van der Waals surface area (Å²) in [4.78, 5) is 30.7. The number of methoxy groups -OCH3 is 1. The number of hydrogen-bond donors (Lipinski definition) is 2. The van der Waals surface area contributed by atoms with Gasteiger partial charge in [-0.1, -0.05) is 30.3 Å². The number of rotatable bonds is 8. The van der Waals surface area contributed by atoms with Crippen molar-refractivity contribution in [2.24, 2.45) is 0 Å². The molecule has 3 heterocycles. The lowest BCUT2D eigenvalue weighted by Crippen LogP contribution is -2.17. The summed E-state index contributed by atoms with van der Waals surface area (Å²) in [6.07, 6.45) is 3.16. The molecule has 0 saturated carbocycles. The topological polar surface area (TPSA) is 98.4 Å². The lowest BCUT2D eigenvalue weighted by molar-refractivity contribution is 0.0590. The van der Waals surface area contributed by atoms with Crippen molar-refractivity contribution in [3.05, 3.63) is 114 Å². The van der Waals surface area contributed by atoms with Gasteiger partial charge in [-0.2, -0.15) is 0 Å². The van der Waals surface area contributed by atoms with Crippen LogP contribution in [-0.2, 0) is 17.8 Å². The molecule has 3 aromatic heterocycles. The lowest BCUT2D eigenvalue weighted by atomic mass is 10.2. The van der Waals surface area contributed by atoms with Crippen molar-refractivity contribution in [2.75, 3.05) is 17.7 Å². The maximum absolute atomic E-state index is 13.6. The molecular weight excluding hydrogens is 475 g/mol. The first-order chi connectivity index (χ1) is 18.0. The molecule has 1 amide bonds. The van der Waals surface area contributed by atoms with Gasteiger partial charge in [0, 0.05) is 17.5 Å². The minimum absolute atomic E-state index is 0.132. The number of nitrogens with one attached hydrogen (secondary N) is 2. The number of nitrogens with zero attached hydrogens (tertiary/aromatic N) is 2. The van der Waals surface area contributed by atoms with Crippen LogP contribution in [-0.4, -0.2) is 28.5 Å². The fourth-order valence-corrected chi connectivity index (χ4v) is 4.10. The van der Waals surface area contributed by atoms with Crippen LogP contribution in [0.5, 0.6) is 0 Å². The quantitative estimate of drug-likeness (QED) is 0.276.